The van der Waals surface area contributed by atoms with Gasteiger partial charge in [-0.1, -0.05) is 35.4 Å². The second-order valence-corrected chi connectivity index (χ2v) is 3.43. The van der Waals surface area contributed by atoms with Crippen molar-refractivity contribution in [2.24, 2.45) is 0 Å². The molecule has 0 aromatic rings. The molecule has 2 atom stereocenters. The number of hydrogen-bond donors (Lipinski definition) is 1. The summed E-state index contributed by atoms with van der Waals surface area (Å²) in [5.41, 5.74) is 0. The molecule has 2 unspecified atom stereocenters. The summed E-state index contributed by atoms with van der Waals surface area (Å²) < 4.78 is 0. The predicted molar refractivity (Wildman–Crippen MR) is 43.5 cm³/mol. The lowest BCUT2D eigenvalue weighted by atomic mass is 10.1. The van der Waals surface area contributed by atoms with Gasteiger partial charge in [0.1, 0.15) is 5.38 Å². The highest BCUT2D eigenvalue weighted by atomic mass is 35.5. The third-order valence-electron chi connectivity index (χ3n) is 1.22. The summed E-state index contributed by atoms with van der Waals surface area (Å²) in [6.07, 6.45) is 4.73. The number of allylic oxidation sites excluding steroid dienone is 2. The Bertz CT molecular complexity index is 195. The predicted octanol–water partition coefficient (Wildman–Crippen LogP) is 2.21. The maximum absolute atomic E-state index is 9.29. The summed E-state index contributed by atoms with van der Waals surface area (Å²) in [5, 5.41) is 7.16. The van der Waals surface area contributed by atoms with Crippen molar-refractivity contribution < 1.29 is 5.11 Å². The second-order valence-electron chi connectivity index (χ2n) is 1.97. The van der Waals surface area contributed by atoms with Crippen molar-refractivity contribution in [3.63, 3.8) is 0 Å². The summed E-state index contributed by atoms with van der Waals surface area (Å²) in [5.74, 6) is 0. The van der Waals surface area contributed by atoms with Crippen molar-refractivity contribution in [2.45, 2.75) is 10.4 Å². The summed E-state index contributed by atoms with van der Waals surface area (Å²) in [7, 11) is 0. The summed E-state index contributed by atoms with van der Waals surface area (Å²) in [4.78, 5) is 0. The molecule has 0 bridgehead atoms. The average molecular weight is 199 g/mol. The van der Waals surface area contributed by atoms with Crippen LogP contribution in [0.1, 0.15) is 0 Å². The van der Waals surface area contributed by atoms with Crippen LogP contribution in [0.25, 0.3) is 0 Å². The molecule has 0 saturated heterocycles. The van der Waals surface area contributed by atoms with Crippen molar-refractivity contribution in [1.29, 1.82) is 0 Å². The van der Waals surface area contributed by atoms with Crippen LogP contribution in [0.15, 0.2) is 23.3 Å². The van der Waals surface area contributed by atoms with E-state index < -0.39 is 10.4 Å². The Kier molecular flexibility index (Phi) is 2.31. The molecule has 10 heavy (non-hydrogen) atoms. The lowest BCUT2D eigenvalue weighted by Gasteiger charge is -2.25. The first-order chi connectivity index (χ1) is 4.55. The van der Waals surface area contributed by atoms with Crippen molar-refractivity contribution in [2.75, 3.05) is 0 Å². The van der Waals surface area contributed by atoms with Crippen LogP contribution in [-0.2, 0) is 0 Å². The van der Waals surface area contributed by atoms with Crippen LogP contribution >= 0.6 is 34.8 Å². The van der Waals surface area contributed by atoms with E-state index in [4.69, 9.17) is 34.8 Å². The maximum Gasteiger partial charge on any atom is 0.195 e. The molecule has 0 fully saturated rings. The molecule has 56 valence electrons. The van der Waals surface area contributed by atoms with Gasteiger partial charge in [0, 0.05) is 0 Å². The zero-order valence-electron chi connectivity index (χ0n) is 4.89. The van der Waals surface area contributed by atoms with E-state index in [-0.39, 0.29) is 5.03 Å². The molecule has 0 heterocycles. The first kappa shape index (κ1) is 8.41. The van der Waals surface area contributed by atoms with E-state index in [9.17, 15) is 5.11 Å². The molecular weight excluding hydrogens is 194 g/mol. The third-order valence-corrected chi connectivity index (χ3v) is 2.75. The Balaban J connectivity index is 2.93. The van der Waals surface area contributed by atoms with Crippen LogP contribution in [0.3, 0.4) is 0 Å². The van der Waals surface area contributed by atoms with Crippen LogP contribution in [-0.4, -0.2) is 15.5 Å². The Morgan fingerprint density at radius 2 is 2.20 bits per heavy atom. The Morgan fingerprint density at radius 3 is 2.60 bits per heavy atom. The Hall–Kier alpha value is 0.310. The second kappa shape index (κ2) is 2.74. The van der Waals surface area contributed by atoms with Gasteiger partial charge in [0.15, 0.2) is 5.06 Å². The zero-order chi connectivity index (χ0) is 7.78. The molecule has 0 spiro atoms. The van der Waals surface area contributed by atoms with Gasteiger partial charge >= 0.3 is 0 Å². The van der Waals surface area contributed by atoms with Crippen LogP contribution in [0, 0.1) is 0 Å². The molecule has 0 aromatic heterocycles. The van der Waals surface area contributed by atoms with E-state index in [0.717, 1.165) is 0 Å². The number of hydrogen-bond acceptors (Lipinski definition) is 1. The molecule has 1 N–H and O–H groups in total. The molecule has 1 aliphatic rings. The van der Waals surface area contributed by atoms with Crippen LogP contribution in [0.2, 0.25) is 0 Å². The molecule has 0 radical (unpaired) electrons. The van der Waals surface area contributed by atoms with Gasteiger partial charge in [-0.2, -0.15) is 0 Å². The highest BCUT2D eigenvalue weighted by Crippen LogP contribution is 2.35. The smallest absolute Gasteiger partial charge is 0.195 e. The number of alkyl halides is 2. The highest BCUT2D eigenvalue weighted by Gasteiger charge is 2.36. The first-order valence-corrected chi connectivity index (χ1v) is 3.84. The lowest BCUT2D eigenvalue weighted by molar-refractivity contribution is 0.180. The highest BCUT2D eigenvalue weighted by molar-refractivity contribution is 6.42. The van der Waals surface area contributed by atoms with E-state index in [1.807, 2.05) is 0 Å². The minimum atomic E-state index is -1.63. The molecular formula is C6H5Cl3O. The van der Waals surface area contributed by atoms with E-state index >= 15 is 0 Å². The number of rotatable bonds is 0. The fourth-order valence-electron chi connectivity index (χ4n) is 0.614. The van der Waals surface area contributed by atoms with Gasteiger partial charge < -0.3 is 5.11 Å². The van der Waals surface area contributed by atoms with E-state index in [1.165, 1.54) is 6.08 Å². The Morgan fingerprint density at radius 1 is 1.60 bits per heavy atom. The van der Waals surface area contributed by atoms with Gasteiger partial charge in [-0.05, 0) is 6.08 Å². The van der Waals surface area contributed by atoms with Gasteiger partial charge in [-0.25, -0.2) is 0 Å². The van der Waals surface area contributed by atoms with Gasteiger partial charge in [-0.15, -0.1) is 11.6 Å². The Labute approximate surface area is 73.9 Å². The number of halogens is 3. The van der Waals surface area contributed by atoms with Crippen molar-refractivity contribution in [1.82, 2.24) is 0 Å². The van der Waals surface area contributed by atoms with Gasteiger partial charge in [0.25, 0.3) is 0 Å². The van der Waals surface area contributed by atoms with E-state index in [2.05, 4.69) is 0 Å². The fourth-order valence-corrected chi connectivity index (χ4v) is 1.20. The fraction of sp³-hybridized carbons (Fsp3) is 0.333. The molecule has 1 nitrogen and oxygen atoms in total. The summed E-state index contributed by atoms with van der Waals surface area (Å²) in [6, 6.07) is 0. The molecule has 4 heteroatoms. The van der Waals surface area contributed by atoms with Crippen LogP contribution < -0.4 is 0 Å². The van der Waals surface area contributed by atoms with E-state index in [0.29, 0.717) is 0 Å². The molecule has 0 saturated carbocycles. The quantitative estimate of drug-likeness (QED) is 0.593. The largest absolute Gasteiger partial charge is 0.369 e. The van der Waals surface area contributed by atoms with Gasteiger partial charge in [-0.3, -0.25) is 0 Å². The monoisotopic (exact) mass is 198 g/mol. The SMILES string of the molecule is OC1(Cl)C(Cl)=CC=CC1Cl. The van der Waals surface area contributed by atoms with Gasteiger partial charge in [0.05, 0.1) is 5.03 Å². The zero-order valence-corrected chi connectivity index (χ0v) is 7.16. The normalized spacial score (nSPS) is 39.6. The van der Waals surface area contributed by atoms with Crippen LogP contribution in [0.4, 0.5) is 0 Å². The van der Waals surface area contributed by atoms with Crippen molar-refractivity contribution in [3.05, 3.63) is 23.3 Å². The minimum absolute atomic E-state index is 0.150. The summed E-state index contributed by atoms with van der Waals surface area (Å²) >= 11 is 16.7. The molecule has 0 amide bonds. The minimum Gasteiger partial charge on any atom is -0.369 e. The average Bonchev–Trinajstić information content (AvgIpc) is 1.84. The molecule has 0 aromatic carbocycles. The maximum atomic E-state index is 9.29. The van der Waals surface area contributed by atoms with Gasteiger partial charge in [0.2, 0.25) is 0 Å². The third kappa shape index (κ3) is 1.32. The topological polar surface area (TPSA) is 20.2 Å². The standard InChI is InChI=1S/C6H5Cl3O/c7-4-2-1-3-5(8)6(4,9)10/h1-4,10H. The lowest BCUT2D eigenvalue weighted by Crippen LogP contribution is -2.33. The molecule has 0 aliphatic heterocycles. The molecule has 1 rings (SSSR count). The van der Waals surface area contributed by atoms with Crippen LogP contribution in [0.5, 0.6) is 0 Å². The summed E-state index contributed by atoms with van der Waals surface area (Å²) in [6.45, 7) is 0. The van der Waals surface area contributed by atoms with E-state index in [1.54, 1.807) is 12.2 Å². The number of aliphatic hydroxyl groups is 1. The molecule has 1 aliphatic carbocycles. The van der Waals surface area contributed by atoms with Crippen molar-refractivity contribution >= 4 is 34.8 Å². The van der Waals surface area contributed by atoms with Crippen molar-refractivity contribution in [3.8, 4) is 0 Å². The first-order valence-electron chi connectivity index (χ1n) is 2.65.